The van der Waals surface area contributed by atoms with Gasteiger partial charge in [0.1, 0.15) is 0 Å². The van der Waals surface area contributed by atoms with Gasteiger partial charge in [-0.2, -0.15) is 4.39 Å². The molecule has 0 aromatic heterocycles. The van der Waals surface area contributed by atoms with Gasteiger partial charge in [0.25, 0.3) is 5.91 Å². The Morgan fingerprint density at radius 2 is 1.88 bits per heavy atom. The molecule has 32 heavy (non-hydrogen) atoms. The van der Waals surface area contributed by atoms with Crippen LogP contribution in [0, 0.1) is 22.9 Å². The van der Waals surface area contributed by atoms with E-state index in [2.05, 4.69) is 15.1 Å². The first-order valence-electron chi connectivity index (χ1n) is 9.74. The zero-order valence-electron chi connectivity index (χ0n) is 17.8. The summed E-state index contributed by atoms with van der Waals surface area (Å²) < 4.78 is 18.9. The van der Waals surface area contributed by atoms with Crippen LogP contribution in [0.2, 0.25) is 5.02 Å². The molecule has 1 aliphatic rings. The number of hydrogen-bond acceptors (Lipinski definition) is 7. The van der Waals surface area contributed by atoms with E-state index in [1.54, 1.807) is 12.1 Å². The molecule has 1 amide bonds. The fourth-order valence-electron chi connectivity index (χ4n) is 3.45. The highest BCUT2D eigenvalue weighted by atomic mass is 35.5. The highest BCUT2D eigenvalue weighted by Gasteiger charge is 2.26. The molecule has 3 rings (SSSR count). The minimum atomic E-state index is -1.10. The number of nitrogens with one attached hydrogen (secondary N) is 1. The van der Waals surface area contributed by atoms with Crippen molar-refractivity contribution in [2.45, 2.75) is 6.92 Å². The van der Waals surface area contributed by atoms with Crippen LogP contribution in [0.5, 0.6) is 0 Å². The number of nitro benzene ring substituents is 1. The van der Waals surface area contributed by atoms with Crippen LogP contribution in [-0.2, 0) is 4.74 Å². The molecular weight excluding hydrogens is 443 g/mol. The first-order chi connectivity index (χ1) is 15.1. The van der Waals surface area contributed by atoms with Gasteiger partial charge in [-0.25, -0.2) is 4.79 Å². The molecule has 1 heterocycles. The zero-order chi connectivity index (χ0) is 23.6. The maximum atomic E-state index is 14.2. The normalized spacial score (nSPS) is 14.2. The molecular formula is C21H22ClFN4O5. The van der Waals surface area contributed by atoms with E-state index < -0.39 is 28.3 Å². The second-order valence-corrected chi connectivity index (χ2v) is 7.80. The third-order valence-electron chi connectivity index (χ3n) is 5.35. The summed E-state index contributed by atoms with van der Waals surface area (Å²) in [5, 5.41) is 13.6. The predicted molar refractivity (Wildman–Crippen MR) is 118 cm³/mol. The SMILES string of the molecule is COC(=O)c1ccc(N2CCN(C)CC2)c(NC(=O)c2cc([N+](=O)[O-])c(F)c(C)c2Cl)c1. The predicted octanol–water partition coefficient (Wildman–Crippen LogP) is 3.49. The van der Waals surface area contributed by atoms with Crippen LogP contribution in [0.3, 0.4) is 0 Å². The summed E-state index contributed by atoms with van der Waals surface area (Å²) in [7, 11) is 3.25. The molecule has 2 aromatic rings. The number of anilines is 2. The number of amides is 1. The van der Waals surface area contributed by atoms with Crippen molar-refractivity contribution in [2.75, 3.05) is 50.6 Å². The van der Waals surface area contributed by atoms with E-state index in [4.69, 9.17) is 16.3 Å². The van der Waals surface area contributed by atoms with Crippen molar-refractivity contribution in [3.05, 3.63) is 61.9 Å². The summed E-state index contributed by atoms with van der Waals surface area (Å²) in [5.74, 6) is -2.45. The van der Waals surface area contributed by atoms with Gasteiger partial charge < -0.3 is 19.9 Å². The Morgan fingerprint density at radius 1 is 1.22 bits per heavy atom. The Kier molecular flexibility index (Phi) is 6.95. The van der Waals surface area contributed by atoms with Gasteiger partial charge in [-0.1, -0.05) is 11.6 Å². The Morgan fingerprint density at radius 3 is 2.47 bits per heavy atom. The molecule has 1 aliphatic heterocycles. The number of halogens is 2. The molecule has 0 aliphatic carbocycles. The molecule has 0 radical (unpaired) electrons. The fourth-order valence-corrected chi connectivity index (χ4v) is 3.67. The second kappa shape index (κ2) is 9.49. The molecule has 1 fully saturated rings. The van der Waals surface area contributed by atoms with Gasteiger partial charge in [0.15, 0.2) is 0 Å². The quantitative estimate of drug-likeness (QED) is 0.410. The second-order valence-electron chi connectivity index (χ2n) is 7.42. The fraction of sp³-hybridized carbons (Fsp3) is 0.333. The minimum absolute atomic E-state index is 0.200. The number of nitrogens with zero attached hydrogens (tertiary/aromatic N) is 3. The molecule has 0 spiro atoms. The lowest BCUT2D eigenvalue weighted by atomic mass is 10.1. The molecule has 170 valence electrons. The average Bonchev–Trinajstić information content (AvgIpc) is 2.77. The number of piperazine rings is 1. The lowest BCUT2D eigenvalue weighted by molar-refractivity contribution is -0.387. The van der Waals surface area contributed by atoms with Crippen LogP contribution in [-0.4, -0.2) is 62.0 Å². The number of carbonyl (C=O) groups is 2. The molecule has 2 aromatic carbocycles. The van der Waals surface area contributed by atoms with Crippen LogP contribution in [0.15, 0.2) is 24.3 Å². The van der Waals surface area contributed by atoms with Gasteiger partial charge in [0.2, 0.25) is 5.82 Å². The number of esters is 1. The van der Waals surface area contributed by atoms with E-state index in [0.717, 1.165) is 19.2 Å². The number of methoxy groups -OCH3 is 1. The molecule has 9 nitrogen and oxygen atoms in total. The molecule has 11 heteroatoms. The third-order valence-corrected chi connectivity index (χ3v) is 5.84. The maximum Gasteiger partial charge on any atom is 0.337 e. The van der Waals surface area contributed by atoms with Crippen molar-refractivity contribution < 1.29 is 23.6 Å². The molecule has 0 saturated carbocycles. The number of ether oxygens (including phenoxy) is 1. The smallest absolute Gasteiger partial charge is 0.337 e. The van der Waals surface area contributed by atoms with Crippen LogP contribution >= 0.6 is 11.6 Å². The van der Waals surface area contributed by atoms with Gasteiger partial charge in [-0.05, 0) is 32.2 Å². The lowest BCUT2D eigenvalue weighted by Crippen LogP contribution is -2.44. The Hall–Kier alpha value is -3.24. The summed E-state index contributed by atoms with van der Waals surface area (Å²) in [6.07, 6.45) is 0. The molecule has 1 N–H and O–H groups in total. The van der Waals surface area contributed by atoms with E-state index in [1.165, 1.54) is 20.1 Å². The van der Waals surface area contributed by atoms with Gasteiger partial charge in [0, 0.05) is 37.8 Å². The van der Waals surface area contributed by atoms with E-state index in [0.29, 0.717) is 24.5 Å². The van der Waals surface area contributed by atoms with Crippen LogP contribution in [0.4, 0.5) is 21.5 Å². The van der Waals surface area contributed by atoms with Gasteiger partial charge in [-0.3, -0.25) is 14.9 Å². The van der Waals surface area contributed by atoms with Crippen molar-refractivity contribution in [1.82, 2.24) is 4.90 Å². The maximum absolute atomic E-state index is 14.2. The first-order valence-corrected chi connectivity index (χ1v) is 10.1. The van der Waals surface area contributed by atoms with E-state index >= 15 is 0 Å². The highest BCUT2D eigenvalue weighted by Crippen LogP contribution is 2.33. The van der Waals surface area contributed by atoms with Crippen LogP contribution in [0.1, 0.15) is 26.3 Å². The summed E-state index contributed by atoms with van der Waals surface area (Å²) in [6, 6.07) is 5.57. The molecule has 0 bridgehead atoms. The number of nitro groups is 1. The Balaban J connectivity index is 2.02. The number of carbonyl (C=O) groups excluding carboxylic acids is 2. The van der Waals surface area contributed by atoms with Crippen molar-refractivity contribution >= 4 is 40.5 Å². The number of rotatable bonds is 5. The number of benzene rings is 2. The summed E-state index contributed by atoms with van der Waals surface area (Å²) in [5.41, 5.74) is -0.0990. The van der Waals surface area contributed by atoms with Crippen molar-refractivity contribution in [1.29, 1.82) is 0 Å². The standard InChI is InChI=1S/C21H22ClFN4O5/c1-12-18(22)14(11-17(19(12)23)27(30)31)20(28)24-15-10-13(21(29)32-3)4-5-16(15)26-8-6-25(2)7-9-26/h4-5,10-11H,6-9H2,1-3H3,(H,24,28). The monoisotopic (exact) mass is 464 g/mol. The lowest BCUT2D eigenvalue weighted by Gasteiger charge is -2.35. The molecule has 1 saturated heterocycles. The van der Waals surface area contributed by atoms with Crippen molar-refractivity contribution in [3.8, 4) is 0 Å². The summed E-state index contributed by atoms with van der Waals surface area (Å²) in [6.45, 7) is 4.26. The van der Waals surface area contributed by atoms with Gasteiger partial charge >= 0.3 is 11.7 Å². The zero-order valence-corrected chi connectivity index (χ0v) is 18.5. The number of likely N-dealkylation sites (N-methyl/N-ethyl adjacent to an activating group) is 1. The third kappa shape index (κ3) is 4.66. The minimum Gasteiger partial charge on any atom is -0.465 e. The molecule has 0 atom stereocenters. The van der Waals surface area contributed by atoms with E-state index in [1.807, 2.05) is 7.05 Å². The first kappa shape index (κ1) is 23.4. The van der Waals surface area contributed by atoms with E-state index in [9.17, 15) is 24.1 Å². The Bertz CT molecular complexity index is 1090. The summed E-state index contributed by atoms with van der Waals surface area (Å²) in [4.78, 5) is 39.5. The van der Waals surface area contributed by atoms with Crippen LogP contribution < -0.4 is 10.2 Å². The van der Waals surface area contributed by atoms with Crippen molar-refractivity contribution in [2.24, 2.45) is 0 Å². The van der Waals surface area contributed by atoms with Crippen LogP contribution in [0.25, 0.3) is 0 Å². The number of hydrogen-bond donors (Lipinski definition) is 1. The van der Waals surface area contributed by atoms with Gasteiger partial charge in [0.05, 0.1) is 39.6 Å². The Labute approximate surface area is 188 Å². The van der Waals surface area contributed by atoms with E-state index in [-0.39, 0.29) is 21.7 Å². The van der Waals surface area contributed by atoms with Gasteiger partial charge in [-0.15, -0.1) is 0 Å². The largest absolute Gasteiger partial charge is 0.465 e. The topological polar surface area (TPSA) is 105 Å². The summed E-state index contributed by atoms with van der Waals surface area (Å²) >= 11 is 6.13. The van der Waals surface area contributed by atoms with Crippen molar-refractivity contribution in [3.63, 3.8) is 0 Å². The average molecular weight is 465 g/mol. The highest BCUT2D eigenvalue weighted by molar-refractivity contribution is 6.35. The molecule has 0 unspecified atom stereocenters.